The quantitative estimate of drug-likeness (QED) is 0.837. The van der Waals surface area contributed by atoms with E-state index in [1.54, 1.807) is 6.92 Å². The SMILES string of the molecule is Cc1nc2ccc(COC(=O)CNC(C)C)cc2o1. The Balaban J connectivity index is 1.92. The van der Waals surface area contributed by atoms with Gasteiger partial charge in [-0.2, -0.15) is 0 Å². The first-order chi connectivity index (χ1) is 9.04. The molecule has 0 aliphatic rings. The van der Waals surface area contributed by atoms with Crippen molar-refractivity contribution in [2.75, 3.05) is 6.54 Å². The molecule has 0 aliphatic heterocycles. The standard InChI is InChI=1S/C14H18N2O3/c1-9(2)15-7-14(17)18-8-11-4-5-12-13(6-11)19-10(3)16-12/h4-6,9,15H,7-8H2,1-3H3. The number of aryl methyl sites for hydroxylation is 1. The van der Waals surface area contributed by atoms with Crippen LogP contribution < -0.4 is 5.32 Å². The predicted octanol–water partition coefficient (Wildman–Crippen LogP) is 2.18. The molecule has 1 N–H and O–H groups in total. The van der Waals surface area contributed by atoms with Crippen LogP contribution >= 0.6 is 0 Å². The molecule has 0 aliphatic carbocycles. The van der Waals surface area contributed by atoms with E-state index in [1.165, 1.54) is 0 Å². The fraction of sp³-hybridized carbons (Fsp3) is 0.429. The molecular weight excluding hydrogens is 244 g/mol. The van der Waals surface area contributed by atoms with E-state index in [-0.39, 0.29) is 25.2 Å². The largest absolute Gasteiger partial charge is 0.460 e. The van der Waals surface area contributed by atoms with Crippen LogP contribution in [0, 0.1) is 6.92 Å². The minimum atomic E-state index is -0.262. The molecule has 0 saturated carbocycles. The normalized spacial score (nSPS) is 11.2. The third kappa shape index (κ3) is 3.79. The first-order valence-corrected chi connectivity index (χ1v) is 6.29. The fourth-order valence-corrected chi connectivity index (χ4v) is 1.68. The van der Waals surface area contributed by atoms with Crippen molar-refractivity contribution in [1.82, 2.24) is 10.3 Å². The number of ether oxygens (including phenoxy) is 1. The van der Waals surface area contributed by atoms with E-state index in [9.17, 15) is 4.79 Å². The van der Waals surface area contributed by atoms with Crippen molar-refractivity contribution in [3.8, 4) is 0 Å². The molecular formula is C14H18N2O3. The Hall–Kier alpha value is -1.88. The summed E-state index contributed by atoms with van der Waals surface area (Å²) in [6, 6.07) is 5.86. The maximum absolute atomic E-state index is 11.5. The van der Waals surface area contributed by atoms with E-state index >= 15 is 0 Å². The second-order valence-corrected chi connectivity index (χ2v) is 4.73. The number of carbonyl (C=O) groups is 1. The van der Waals surface area contributed by atoms with Gasteiger partial charge in [-0.15, -0.1) is 0 Å². The topological polar surface area (TPSA) is 64.4 Å². The Morgan fingerprint density at radius 1 is 1.47 bits per heavy atom. The molecule has 0 saturated heterocycles. The molecule has 0 fully saturated rings. The van der Waals surface area contributed by atoms with Crippen LogP contribution in [0.15, 0.2) is 22.6 Å². The summed E-state index contributed by atoms with van der Waals surface area (Å²) in [4.78, 5) is 15.7. The minimum Gasteiger partial charge on any atom is -0.460 e. The van der Waals surface area contributed by atoms with Gasteiger partial charge in [0.25, 0.3) is 0 Å². The van der Waals surface area contributed by atoms with Crippen LogP contribution in [0.25, 0.3) is 11.1 Å². The van der Waals surface area contributed by atoms with Crippen LogP contribution in [0.3, 0.4) is 0 Å². The van der Waals surface area contributed by atoms with Gasteiger partial charge in [0, 0.05) is 13.0 Å². The fourth-order valence-electron chi connectivity index (χ4n) is 1.68. The lowest BCUT2D eigenvalue weighted by atomic mass is 10.2. The lowest BCUT2D eigenvalue weighted by molar-refractivity contribution is -0.143. The van der Waals surface area contributed by atoms with Gasteiger partial charge in [-0.3, -0.25) is 4.79 Å². The number of benzene rings is 1. The number of fused-ring (bicyclic) bond motifs is 1. The van der Waals surface area contributed by atoms with E-state index < -0.39 is 0 Å². The Morgan fingerprint density at radius 2 is 2.26 bits per heavy atom. The number of carbonyl (C=O) groups excluding carboxylic acids is 1. The number of hydrogen-bond acceptors (Lipinski definition) is 5. The van der Waals surface area contributed by atoms with Gasteiger partial charge in [0.2, 0.25) is 0 Å². The van der Waals surface area contributed by atoms with Crippen LogP contribution in [0.5, 0.6) is 0 Å². The summed E-state index contributed by atoms with van der Waals surface area (Å²) in [6.45, 7) is 6.23. The molecule has 0 unspecified atom stereocenters. The Morgan fingerprint density at radius 3 is 3.00 bits per heavy atom. The summed E-state index contributed by atoms with van der Waals surface area (Å²) in [7, 11) is 0. The highest BCUT2D eigenvalue weighted by Crippen LogP contribution is 2.17. The van der Waals surface area contributed by atoms with E-state index in [0.29, 0.717) is 11.5 Å². The molecule has 19 heavy (non-hydrogen) atoms. The Kier molecular flexibility index (Phi) is 4.16. The highest BCUT2D eigenvalue weighted by molar-refractivity contribution is 5.74. The molecule has 1 heterocycles. The Labute approximate surface area is 112 Å². The van der Waals surface area contributed by atoms with Gasteiger partial charge in [0.1, 0.15) is 12.1 Å². The van der Waals surface area contributed by atoms with Gasteiger partial charge in [-0.25, -0.2) is 4.98 Å². The van der Waals surface area contributed by atoms with Crippen LogP contribution in [0.2, 0.25) is 0 Å². The van der Waals surface area contributed by atoms with Crippen LogP contribution in [-0.4, -0.2) is 23.5 Å². The van der Waals surface area contributed by atoms with E-state index in [0.717, 1.165) is 11.1 Å². The number of nitrogens with zero attached hydrogens (tertiary/aromatic N) is 1. The van der Waals surface area contributed by atoms with Crippen molar-refractivity contribution < 1.29 is 13.9 Å². The third-order valence-electron chi connectivity index (χ3n) is 2.61. The van der Waals surface area contributed by atoms with Crippen LogP contribution in [0.4, 0.5) is 0 Å². The maximum Gasteiger partial charge on any atom is 0.320 e. The van der Waals surface area contributed by atoms with Gasteiger partial charge in [-0.1, -0.05) is 19.9 Å². The molecule has 5 heteroatoms. The molecule has 0 atom stereocenters. The second-order valence-electron chi connectivity index (χ2n) is 4.73. The number of esters is 1. The molecule has 0 amide bonds. The molecule has 5 nitrogen and oxygen atoms in total. The van der Waals surface area contributed by atoms with Crippen LogP contribution in [-0.2, 0) is 16.1 Å². The van der Waals surface area contributed by atoms with Crippen LogP contribution in [0.1, 0.15) is 25.3 Å². The van der Waals surface area contributed by atoms with Crippen molar-refractivity contribution in [1.29, 1.82) is 0 Å². The van der Waals surface area contributed by atoms with E-state index in [2.05, 4.69) is 10.3 Å². The predicted molar refractivity (Wildman–Crippen MR) is 71.7 cm³/mol. The molecule has 1 aromatic carbocycles. The molecule has 0 radical (unpaired) electrons. The molecule has 102 valence electrons. The van der Waals surface area contributed by atoms with Gasteiger partial charge < -0.3 is 14.5 Å². The molecule has 2 rings (SSSR count). The van der Waals surface area contributed by atoms with Crippen molar-refractivity contribution in [3.63, 3.8) is 0 Å². The number of hydrogen-bond donors (Lipinski definition) is 1. The number of rotatable bonds is 5. The van der Waals surface area contributed by atoms with Crippen molar-refractivity contribution in [2.24, 2.45) is 0 Å². The van der Waals surface area contributed by atoms with Gasteiger partial charge in [0.15, 0.2) is 11.5 Å². The monoisotopic (exact) mass is 262 g/mol. The summed E-state index contributed by atoms with van der Waals surface area (Å²) in [5.74, 6) is 0.368. The second kappa shape index (κ2) is 5.84. The van der Waals surface area contributed by atoms with Gasteiger partial charge in [-0.05, 0) is 17.7 Å². The first kappa shape index (κ1) is 13.5. The summed E-state index contributed by atoms with van der Waals surface area (Å²) in [5.41, 5.74) is 2.42. The van der Waals surface area contributed by atoms with E-state index in [4.69, 9.17) is 9.15 Å². The smallest absolute Gasteiger partial charge is 0.320 e. The van der Waals surface area contributed by atoms with Gasteiger partial charge >= 0.3 is 5.97 Å². The zero-order valence-electron chi connectivity index (χ0n) is 11.4. The maximum atomic E-state index is 11.5. The molecule has 2 aromatic rings. The van der Waals surface area contributed by atoms with Crippen molar-refractivity contribution in [3.05, 3.63) is 29.7 Å². The average Bonchev–Trinajstić information content (AvgIpc) is 2.73. The molecule has 0 bridgehead atoms. The van der Waals surface area contributed by atoms with Crippen molar-refractivity contribution in [2.45, 2.75) is 33.4 Å². The highest BCUT2D eigenvalue weighted by atomic mass is 16.5. The number of aromatic nitrogens is 1. The summed E-state index contributed by atoms with van der Waals surface area (Å²) in [5, 5.41) is 3.01. The summed E-state index contributed by atoms with van der Waals surface area (Å²) >= 11 is 0. The van der Waals surface area contributed by atoms with E-state index in [1.807, 2.05) is 32.0 Å². The number of oxazole rings is 1. The average molecular weight is 262 g/mol. The lowest BCUT2D eigenvalue weighted by Crippen LogP contribution is -2.30. The zero-order valence-corrected chi connectivity index (χ0v) is 11.4. The first-order valence-electron chi connectivity index (χ1n) is 6.29. The highest BCUT2D eigenvalue weighted by Gasteiger charge is 2.06. The third-order valence-corrected chi connectivity index (χ3v) is 2.61. The zero-order chi connectivity index (χ0) is 13.8. The minimum absolute atomic E-state index is 0.224. The van der Waals surface area contributed by atoms with Crippen molar-refractivity contribution >= 4 is 17.1 Å². The Bertz CT molecular complexity index is 575. The van der Waals surface area contributed by atoms with Gasteiger partial charge in [0.05, 0.1) is 6.54 Å². The molecule has 0 spiro atoms. The molecule has 1 aromatic heterocycles. The summed E-state index contributed by atoms with van der Waals surface area (Å²) in [6.07, 6.45) is 0. The number of nitrogens with one attached hydrogen (secondary N) is 1. The summed E-state index contributed by atoms with van der Waals surface area (Å²) < 4.78 is 10.6. The lowest BCUT2D eigenvalue weighted by Gasteiger charge is -2.08.